The van der Waals surface area contributed by atoms with Crippen LogP contribution in [0.3, 0.4) is 0 Å². The maximum absolute atomic E-state index is 10.7. The Bertz CT molecular complexity index is 255. The van der Waals surface area contributed by atoms with Gasteiger partial charge in [-0.1, -0.05) is 0 Å². The summed E-state index contributed by atoms with van der Waals surface area (Å²) < 4.78 is 4.52. The number of hydrogen-bond acceptors (Lipinski definition) is 4. The summed E-state index contributed by atoms with van der Waals surface area (Å²) in [5.74, 6) is 4.75. The third kappa shape index (κ3) is 1.43. The molecular formula is C6H7NO3. The minimum atomic E-state index is -0.409. The lowest BCUT2D eigenvalue weighted by Crippen LogP contribution is -2.09. The van der Waals surface area contributed by atoms with Gasteiger partial charge in [-0.05, 0) is 12.1 Å². The van der Waals surface area contributed by atoms with Crippen molar-refractivity contribution in [3.05, 3.63) is 34.4 Å². The molecule has 0 saturated heterocycles. The molecule has 4 heteroatoms. The molecule has 0 aliphatic heterocycles. The molecule has 1 aromatic rings. The molecule has 0 unspecified atom stereocenters. The molecule has 1 rings (SSSR count). The van der Waals surface area contributed by atoms with Gasteiger partial charge in [0.15, 0.2) is 0 Å². The van der Waals surface area contributed by atoms with Gasteiger partial charge in [-0.3, -0.25) is 4.84 Å². The quantitative estimate of drug-likeness (QED) is 0.590. The minimum absolute atomic E-state index is 0.0865. The zero-order chi connectivity index (χ0) is 7.40. The molecule has 0 atom stereocenters. The molecule has 2 N–H and O–H groups in total. The van der Waals surface area contributed by atoms with Crippen LogP contribution in [0.15, 0.2) is 27.6 Å². The smallest absolute Gasteiger partial charge is 0.341 e. The van der Waals surface area contributed by atoms with Crippen molar-refractivity contribution in [1.82, 2.24) is 0 Å². The van der Waals surface area contributed by atoms with Crippen LogP contribution in [0.2, 0.25) is 0 Å². The fourth-order valence-electron chi connectivity index (χ4n) is 0.597. The molecule has 1 aromatic heterocycles. The lowest BCUT2D eigenvalue weighted by Gasteiger charge is -1.92. The summed E-state index contributed by atoms with van der Waals surface area (Å²) in [6.45, 7) is 0.0865. The van der Waals surface area contributed by atoms with E-state index < -0.39 is 5.63 Å². The van der Waals surface area contributed by atoms with Crippen LogP contribution in [0.5, 0.6) is 0 Å². The van der Waals surface area contributed by atoms with E-state index in [0.717, 1.165) is 0 Å². The first kappa shape index (κ1) is 6.98. The van der Waals surface area contributed by atoms with Crippen LogP contribution in [0, 0.1) is 0 Å². The van der Waals surface area contributed by atoms with E-state index in [0.29, 0.717) is 5.56 Å². The molecule has 54 valence electrons. The number of nitrogens with two attached hydrogens (primary N) is 1. The molecule has 4 nitrogen and oxygen atoms in total. The highest BCUT2D eigenvalue weighted by Gasteiger charge is 1.96. The van der Waals surface area contributed by atoms with Crippen LogP contribution < -0.4 is 11.5 Å². The van der Waals surface area contributed by atoms with E-state index in [-0.39, 0.29) is 6.61 Å². The third-order valence-electron chi connectivity index (χ3n) is 1.05. The average Bonchev–Trinajstić information content (AvgIpc) is 1.94. The first-order valence-electron chi connectivity index (χ1n) is 2.73. The van der Waals surface area contributed by atoms with Gasteiger partial charge >= 0.3 is 5.63 Å². The first-order valence-corrected chi connectivity index (χ1v) is 2.73. The van der Waals surface area contributed by atoms with Gasteiger partial charge in [0.25, 0.3) is 0 Å². The van der Waals surface area contributed by atoms with Crippen molar-refractivity contribution in [2.75, 3.05) is 0 Å². The summed E-state index contributed by atoms with van der Waals surface area (Å²) in [5.41, 5.74) is 0.0120. The topological polar surface area (TPSA) is 65.5 Å². The fourth-order valence-corrected chi connectivity index (χ4v) is 0.597. The lowest BCUT2D eigenvalue weighted by atomic mass is 10.3. The van der Waals surface area contributed by atoms with Crippen molar-refractivity contribution in [3.63, 3.8) is 0 Å². The van der Waals surface area contributed by atoms with Gasteiger partial charge in [-0.25, -0.2) is 10.7 Å². The summed E-state index contributed by atoms with van der Waals surface area (Å²) in [6.07, 6.45) is 1.31. The zero-order valence-electron chi connectivity index (χ0n) is 5.24. The van der Waals surface area contributed by atoms with Crippen molar-refractivity contribution < 1.29 is 9.25 Å². The van der Waals surface area contributed by atoms with Crippen molar-refractivity contribution in [2.24, 2.45) is 5.90 Å². The second-order valence-electron chi connectivity index (χ2n) is 1.74. The molecule has 0 saturated carbocycles. The zero-order valence-corrected chi connectivity index (χ0v) is 5.24. The Kier molecular flexibility index (Phi) is 2.20. The molecule has 0 fully saturated rings. The molecule has 0 radical (unpaired) electrons. The summed E-state index contributed by atoms with van der Waals surface area (Å²) in [4.78, 5) is 15.0. The van der Waals surface area contributed by atoms with E-state index in [1.165, 1.54) is 6.26 Å². The van der Waals surface area contributed by atoms with E-state index in [1.807, 2.05) is 0 Å². The summed E-state index contributed by atoms with van der Waals surface area (Å²) in [5, 5.41) is 0. The molecule has 10 heavy (non-hydrogen) atoms. The maximum atomic E-state index is 10.7. The van der Waals surface area contributed by atoms with Crippen molar-refractivity contribution in [1.29, 1.82) is 0 Å². The molecule has 0 spiro atoms. The predicted molar refractivity (Wildman–Crippen MR) is 34.0 cm³/mol. The van der Waals surface area contributed by atoms with E-state index in [1.54, 1.807) is 12.1 Å². The lowest BCUT2D eigenvalue weighted by molar-refractivity contribution is 0.121. The molecule has 0 aliphatic rings. The highest BCUT2D eigenvalue weighted by molar-refractivity contribution is 5.04. The van der Waals surface area contributed by atoms with E-state index in [2.05, 4.69) is 9.25 Å². The van der Waals surface area contributed by atoms with Gasteiger partial charge in [-0.2, -0.15) is 0 Å². The molecular weight excluding hydrogens is 134 g/mol. The second kappa shape index (κ2) is 3.14. The van der Waals surface area contributed by atoms with E-state index in [9.17, 15) is 4.79 Å². The van der Waals surface area contributed by atoms with E-state index >= 15 is 0 Å². The largest absolute Gasteiger partial charge is 0.431 e. The van der Waals surface area contributed by atoms with Crippen LogP contribution >= 0.6 is 0 Å². The maximum Gasteiger partial charge on any atom is 0.341 e. The first-order chi connectivity index (χ1) is 4.84. The third-order valence-corrected chi connectivity index (χ3v) is 1.05. The van der Waals surface area contributed by atoms with Gasteiger partial charge in [0.1, 0.15) is 6.61 Å². The Morgan fingerprint density at radius 3 is 3.10 bits per heavy atom. The normalized spacial score (nSPS) is 9.70. The van der Waals surface area contributed by atoms with Crippen LogP contribution in [-0.4, -0.2) is 0 Å². The van der Waals surface area contributed by atoms with Crippen molar-refractivity contribution in [2.45, 2.75) is 6.61 Å². The van der Waals surface area contributed by atoms with Gasteiger partial charge in [0.2, 0.25) is 0 Å². The monoisotopic (exact) mass is 141 g/mol. The van der Waals surface area contributed by atoms with Gasteiger partial charge in [0.05, 0.1) is 11.8 Å². The summed E-state index contributed by atoms with van der Waals surface area (Å²) in [7, 11) is 0. The van der Waals surface area contributed by atoms with Crippen molar-refractivity contribution in [3.8, 4) is 0 Å². The Balaban J connectivity index is 2.92. The SMILES string of the molecule is NOCc1cccoc1=O. The van der Waals surface area contributed by atoms with Crippen LogP contribution in [0.1, 0.15) is 5.56 Å². The average molecular weight is 141 g/mol. The van der Waals surface area contributed by atoms with Crippen LogP contribution in [0.25, 0.3) is 0 Å². The van der Waals surface area contributed by atoms with Crippen molar-refractivity contribution >= 4 is 0 Å². The molecule has 0 amide bonds. The van der Waals surface area contributed by atoms with Gasteiger partial charge in [-0.15, -0.1) is 0 Å². The minimum Gasteiger partial charge on any atom is -0.431 e. The second-order valence-corrected chi connectivity index (χ2v) is 1.74. The summed E-state index contributed by atoms with van der Waals surface area (Å²) in [6, 6.07) is 3.20. The molecule has 0 aliphatic carbocycles. The molecule has 0 aromatic carbocycles. The van der Waals surface area contributed by atoms with Gasteiger partial charge in [0, 0.05) is 0 Å². The summed E-state index contributed by atoms with van der Waals surface area (Å²) >= 11 is 0. The highest BCUT2D eigenvalue weighted by Crippen LogP contribution is 1.90. The Labute approximate surface area is 57.2 Å². The van der Waals surface area contributed by atoms with Gasteiger partial charge < -0.3 is 4.42 Å². The number of rotatable bonds is 2. The Morgan fingerprint density at radius 2 is 2.50 bits per heavy atom. The predicted octanol–water partition coefficient (Wildman–Crippen LogP) is 0.0301. The van der Waals surface area contributed by atoms with E-state index in [4.69, 9.17) is 5.90 Å². The molecule has 0 bridgehead atoms. The Morgan fingerprint density at radius 1 is 1.70 bits per heavy atom. The van der Waals surface area contributed by atoms with Crippen LogP contribution in [0.4, 0.5) is 0 Å². The Hall–Kier alpha value is -1.13. The number of hydrogen-bond donors (Lipinski definition) is 1. The van der Waals surface area contributed by atoms with Crippen LogP contribution in [-0.2, 0) is 11.4 Å². The standard InChI is InChI=1S/C6H7NO3/c7-10-4-5-2-1-3-9-6(5)8/h1-3H,4,7H2. The highest BCUT2D eigenvalue weighted by atomic mass is 16.6. The fraction of sp³-hybridized carbons (Fsp3) is 0.167. The molecule has 1 heterocycles.